The molecule has 1 spiro atoms. The summed E-state index contributed by atoms with van der Waals surface area (Å²) in [7, 11) is 0. The van der Waals surface area contributed by atoms with Gasteiger partial charge in [-0.15, -0.1) is 0 Å². The minimum absolute atomic E-state index is 0.104. The molecule has 2 aliphatic rings. The van der Waals surface area contributed by atoms with E-state index in [0.717, 1.165) is 0 Å². The third-order valence-electron chi connectivity index (χ3n) is 5.09. The minimum Gasteiger partial charge on any atom is -0.394 e. The zero-order valence-electron chi connectivity index (χ0n) is 11.6. The Morgan fingerprint density at radius 1 is 1.11 bits per heavy atom. The van der Waals surface area contributed by atoms with Gasteiger partial charge in [-0.2, -0.15) is 0 Å². The largest absolute Gasteiger partial charge is 0.394 e. The highest BCUT2D eigenvalue weighted by molar-refractivity contribution is 5.19. The summed E-state index contributed by atoms with van der Waals surface area (Å²) in [4.78, 5) is 0. The molecule has 2 saturated carbocycles. The normalized spacial score (nSPS) is 24.1. The van der Waals surface area contributed by atoms with Crippen molar-refractivity contribution >= 4 is 0 Å². The van der Waals surface area contributed by atoms with Crippen LogP contribution in [0.2, 0.25) is 0 Å². The van der Waals surface area contributed by atoms with Crippen LogP contribution in [0.5, 0.6) is 0 Å². The van der Waals surface area contributed by atoms with Gasteiger partial charge in [-0.05, 0) is 36.7 Å². The first-order valence-electron chi connectivity index (χ1n) is 7.73. The van der Waals surface area contributed by atoms with E-state index >= 15 is 0 Å². The van der Waals surface area contributed by atoms with Gasteiger partial charge in [-0.3, -0.25) is 0 Å². The quantitative estimate of drug-likeness (QED) is 0.868. The summed E-state index contributed by atoms with van der Waals surface area (Å²) in [6.07, 6.45) is 9.78. The van der Waals surface area contributed by atoms with Crippen LogP contribution in [0.3, 0.4) is 0 Å². The molecule has 0 heterocycles. The van der Waals surface area contributed by atoms with E-state index in [1.165, 1.54) is 50.5 Å². The van der Waals surface area contributed by atoms with Crippen molar-refractivity contribution in [3.8, 4) is 0 Å². The van der Waals surface area contributed by atoms with E-state index < -0.39 is 0 Å². The summed E-state index contributed by atoms with van der Waals surface area (Å²) in [6, 6.07) is 11.0. The molecule has 19 heavy (non-hydrogen) atoms. The fourth-order valence-corrected chi connectivity index (χ4v) is 4.04. The molecular weight excluding hydrogens is 234 g/mol. The summed E-state index contributed by atoms with van der Waals surface area (Å²) in [6.45, 7) is 0.188. The van der Waals surface area contributed by atoms with E-state index in [0.29, 0.717) is 11.5 Å². The lowest BCUT2D eigenvalue weighted by molar-refractivity contribution is 0.0290. The monoisotopic (exact) mass is 259 g/mol. The third kappa shape index (κ3) is 2.85. The molecule has 2 aliphatic carbocycles. The van der Waals surface area contributed by atoms with Gasteiger partial charge in [0.2, 0.25) is 0 Å². The molecule has 2 N–H and O–H groups in total. The maximum Gasteiger partial charge on any atom is 0.0626 e. The van der Waals surface area contributed by atoms with Gasteiger partial charge in [0, 0.05) is 6.04 Å². The molecule has 1 aromatic rings. The van der Waals surface area contributed by atoms with E-state index in [9.17, 15) is 5.11 Å². The van der Waals surface area contributed by atoms with Crippen LogP contribution in [0.1, 0.15) is 56.6 Å². The number of aliphatic hydroxyl groups excluding tert-OH is 1. The molecule has 0 saturated heterocycles. The lowest BCUT2D eigenvalue weighted by Crippen LogP contribution is -2.51. The Kier molecular flexibility index (Phi) is 3.90. The SMILES string of the molecule is OC[C@@H](NC1CC2(CCCCC2)C1)c1ccccc1. The second kappa shape index (κ2) is 5.64. The zero-order valence-corrected chi connectivity index (χ0v) is 11.6. The van der Waals surface area contributed by atoms with E-state index in [4.69, 9.17) is 0 Å². The number of hydrogen-bond acceptors (Lipinski definition) is 2. The average molecular weight is 259 g/mol. The second-order valence-corrected chi connectivity index (χ2v) is 6.48. The van der Waals surface area contributed by atoms with Crippen LogP contribution in [-0.4, -0.2) is 17.8 Å². The molecule has 0 aromatic heterocycles. The Morgan fingerprint density at radius 3 is 2.42 bits per heavy atom. The van der Waals surface area contributed by atoms with Gasteiger partial charge in [0.25, 0.3) is 0 Å². The summed E-state index contributed by atoms with van der Waals surface area (Å²) < 4.78 is 0. The molecule has 1 atom stereocenters. The first kappa shape index (κ1) is 13.1. The number of nitrogens with one attached hydrogen (secondary N) is 1. The Balaban J connectivity index is 1.54. The predicted octanol–water partition coefficient (Wildman–Crippen LogP) is 3.42. The van der Waals surface area contributed by atoms with Gasteiger partial charge in [-0.1, -0.05) is 49.6 Å². The van der Waals surface area contributed by atoms with Crippen LogP contribution in [0, 0.1) is 5.41 Å². The molecule has 0 bridgehead atoms. The maximum atomic E-state index is 9.59. The Labute approximate surface area is 116 Å². The molecule has 0 amide bonds. The van der Waals surface area contributed by atoms with Crippen molar-refractivity contribution in [3.05, 3.63) is 35.9 Å². The van der Waals surface area contributed by atoms with Crippen molar-refractivity contribution in [1.82, 2.24) is 5.32 Å². The molecule has 2 fully saturated rings. The maximum absolute atomic E-state index is 9.59. The average Bonchev–Trinajstić information content (AvgIpc) is 2.44. The van der Waals surface area contributed by atoms with Gasteiger partial charge in [0.05, 0.1) is 12.6 Å². The summed E-state index contributed by atoms with van der Waals surface area (Å²) >= 11 is 0. The standard InChI is InChI=1S/C17H25NO/c19-13-16(14-7-3-1-4-8-14)18-15-11-17(12-15)9-5-2-6-10-17/h1,3-4,7-8,15-16,18-19H,2,5-6,9-13H2/t16-/m1/s1. The highest BCUT2D eigenvalue weighted by Gasteiger charge is 2.44. The van der Waals surface area contributed by atoms with E-state index in [2.05, 4.69) is 17.4 Å². The first-order valence-corrected chi connectivity index (χ1v) is 7.73. The molecule has 104 valence electrons. The van der Waals surface area contributed by atoms with Crippen molar-refractivity contribution in [3.63, 3.8) is 0 Å². The summed E-state index contributed by atoms with van der Waals surface area (Å²) in [5.41, 5.74) is 1.86. The Morgan fingerprint density at radius 2 is 1.79 bits per heavy atom. The fraction of sp³-hybridized carbons (Fsp3) is 0.647. The van der Waals surface area contributed by atoms with Gasteiger partial charge in [0.1, 0.15) is 0 Å². The lowest BCUT2D eigenvalue weighted by Gasteiger charge is -2.51. The number of rotatable bonds is 4. The molecule has 0 aliphatic heterocycles. The summed E-state index contributed by atoms with van der Waals surface area (Å²) in [5, 5.41) is 13.2. The number of aliphatic hydroxyl groups is 1. The van der Waals surface area contributed by atoms with Crippen molar-refractivity contribution in [2.24, 2.45) is 5.41 Å². The van der Waals surface area contributed by atoms with Crippen molar-refractivity contribution in [2.45, 2.75) is 57.0 Å². The van der Waals surface area contributed by atoms with Crippen molar-refractivity contribution in [1.29, 1.82) is 0 Å². The zero-order chi connectivity index (χ0) is 13.1. The van der Waals surface area contributed by atoms with Crippen LogP contribution >= 0.6 is 0 Å². The van der Waals surface area contributed by atoms with E-state index in [1.54, 1.807) is 0 Å². The van der Waals surface area contributed by atoms with Crippen LogP contribution in [0.4, 0.5) is 0 Å². The van der Waals surface area contributed by atoms with Crippen LogP contribution in [0.15, 0.2) is 30.3 Å². The van der Waals surface area contributed by atoms with E-state index in [-0.39, 0.29) is 12.6 Å². The topological polar surface area (TPSA) is 32.3 Å². The number of hydrogen-bond donors (Lipinski definition) is 2. The highest BCUT2D eigenvalue weighted by atomic mass is 16.3. The third-order valence-corrected chi connectivity index (χ3v) is 5.09. The van der Waals surface area contributed by atoms with Crippen molar-refractivity contribution in [2.75, 3.05) is 6.61 Å². The Bertz CT molecular complexity index is 389. The van der Waals surface area contributed by atoms with Crippen LogP contribution < -0.4 is 5.32 Å². The van der Waals surface area contributed by atoms with Gasteiger partial charge < -0.3 is 10.4 Å². The van der Waals surface area contributed by atoms with Crippen LogP contribution in [-0.2, 0) is 0 Å². The molecule has 0 unspecified atom stereocenters. The molecule has 1 aromatic carbocycles. The lowest BCUT2D eigenvalue weighted by atomic mass is 9.58. The minimum atomic E-state index is 0.104. The van der Waals surface area contributed by atoms with Gasteiger partial charge >= 0.3 is 0 Å². The predicted molar refractivity (Wildman–Crippen MR) is 77.9 cm³/mol. The van der Waals surface area contributed by atoms with Gasteiger partial charge in [0.15, 0.2) is 0 Å². The molecule has 3 rings (SSSR count). The second-order valence-electron chi connectivity index (χ2n) is 6.48. The van der Waals surface area contributed by atoms with E-state index in [1.807, 2.05) is 18.2 Å². The van der Waals surface area contributed by atoms with Gasteiger partial charge in [-0.25, -0.2) is 0 Å². The molecular formula is C17H25NO. The summed E-state index contributed by atoms with van der Waals surface area (Å²) in [5.74, 6) is 0. The van der Waals surface area contributed by atoms with Crippen molar-refractivity contribution < 1.29 is 5.11 Å². The first-order chi connectivity index (χ1) is 9.31. The molecule has 2 nitrogen and oxygen atoms in total. The molecule has 2 heteroatoms. The fourth-order valence-electron chi connectivity index (χ4n) is 4.04. The molecule has 0 radical (unpaired) electrons. The smallest absolute Gasteiger partial charge is 0.0626 e. The number of benzene rings is 1. The Hall–Kier alpha value is -0.860. The van der Waals surface area contributed by atoms with Crippen LogP contribution in [0.25, 0.3) is 0 Å². The highest BCUT2D eigenvalue weighted by Crippen LogP contribution is 2.51.